The van der Waals surface area contributed by atoms with Crippen LogP contribution in [0.5, 0.6) is 5.75 Å². The van der Waals surface area contributed by atoms with Gasteiger partial charge in [-0.2, -0.15) is 0 Å². The second kappa shape index (κ2) is 9.24. The number of nitrogens with one attached hydrogen (secondary N) is 1. The quantitative estimate of drug-likeness (QED) is 0.379. The summed E-state index contributed by atoms with van der Waals surface area (Å²) >= 11 is 0. The molecule has 0 saturated carbocycles. The fraction of sp³-hybridized carbons (Fsp3) is 0.538. The van der Waals surface area contributed by atoms with Gasteiger partial charge in [-0.25, -0.2) is 0 Å². The van der Waals surface area contributed by atoms with Gasteiger partial charge in [-0.15, -0.1) is 0 Å². The van der Waals surface area contributed by atoms with Crippen LogP contribution in [0.2, 0.25) is 0 Å². The van der Waals surface area contributed by atoms with E-state index in [1.165, 1.54) is 13.2 Å². The molecule has 2 N–H and O–H groups in total. The maximum absolute atomic E-state index is 10.9. The molecular weight excluding hydrogens is 264 g/mol. The Morgan fingerprint density at radius 3 is 2.85 bits per heavy atom. The Labute approximate surface area is 117 Å². The standard InChI is InChI=1S/C13H20N2O5/c1-19-13-4-3-11(9-12(13)15(17)18)10-14-5-2-7-20-8-6-16/h3-4,9,14,16H,2,5-8,10H2,1H3. The fourth-order valence-electron chi connectivity index (χ4n) is 1.69. The van der Waals surface area contributed by atoms with Crippen molar-refractivity contribution in [1.82, 2.24) is 5.32 Å². The average Bonchev–Trinajstić information content (AvgIpc) is 2.46. The van der Waals surface area contributed by atoms with Crippen molar-refractivity contribution in [3.8, 4) is 5.75 Å². The van der Waals surface area contributed by atoms with E-state index in [0.29, 0.717) is 19.8 Å². The molecule has 0 unspecified atom stereocenters. The SMILES string of the molecule is COc1ccc(CNCCCOCCO)cc1[N+](=O)[O-]. The molecule has 1 aromatic carbocycles. The fourth-order valence-corrected chi connectivity index (χ4v) is 1.69. The highest BCUT2D eigenvalue weighted by molar-refractivity contribution is 5.48. The van der Waals surface area contributed by atoms with Crippen LogP contribution in [0.1, 0.15) is 12.0 Å². The Kier molecular flexibility index (Phi) is 7.56. The van der Waals surface area contributed by atoms with Gasteiger partial charge in [0, 0.05) is 19.2 Å². The highest BCUT2D eigenvalue weighted by Crippen LogP contribution is 2.27. The van der Waals surface area contributed by atoms with Gasteiger partial charge < -0.3 is 19.9 Å². The maximum atomic E-state index is 10.9. The molecule has 0 saturated heterocycles. The van der Waals surface area contributed by atoms with Gasteiger partial charge >= 0.3 is 5.69 Å². The van der Waals surface area contributed by atoms with E-state index in [2.05, 4.69) is 5.32 Å². The third-order valence-corrected chi connectivity index (χ3v) is 2.65. The van der Waals surface area contributed by atoms with E-state index in [1.54, 1.807) is 12.1 Å². The van der Waals surface area contributed by atoms with Crippen molar-refractivity contribution in [3.05, 3.63) is 33.9 Å². The normalized spacial score (nSPS) is 10.5. The zero-order valence-corrected chi connectivity index (χ0v) is 11.5. The van der Waals surface area contributed by atoms with Gasteiger partial charge in [0.1, 0.15) is 0 Å². The highest BCUT2D eigenvalue weighted by atomic mass is 16.6. The lowest BCUT2D eigenvalue weighted by Crippen LogP contribution is -2.17. The number of nitrogens with zero attached hydrogens (tertiary/aromatic N) is 1. The number of nitro groups is 1. The van der Waals surface area contributed by atoms with E-state index in [-0.39, 0.29) is 18.0 Å². The van der Waals surface area contributed by atoms with Gasteiger partial charge in [-0.1, -0.05) is 6.07 Å². The molecule has 0 radical (unpaired) electrons. The molecule has 0 bridgehead atoms. The topological polar surface area (TPSA) is 93.9 Å². The molecule has 0 fully saturated rings. The number of nitro benzene ring substituents is 1. The van der Waals surface area contributed by atoms with Gasteiger partial charge in [-0.05, 0) is 24.6 Å². The van der Waals surface area contributed by atoms with Crippen molar-refractivity contribution >= 4 is 5.69 Å². The van der Waals surface area contributed by atoms with E-state index in [0.717, 1.165) is 18.5 Å². The third-order valence-electron chi connectivity index (χ3n) is 2.65. The van der Waals surface area contributed by atoms with Crippen LogP contribution in [0.15, 0.2) is 18.2 Å². The first-order valence-electron chi connectivity index (χ1n) is 6.39. The summed E-state index contributed by atoms with van der Waals surface area (Å²) in [7, 11) is 1.41. The first-order chi connectivity index (χ1) is 9.69. The van der Waals surface area contributed by atoms with E-state index < -0.39 is 4.92 Å². The van der Waals surface area contributed by atoms with Gasteiger partial charge in [0.2, 0.25) is 0 Å². The van der Waals surface area contributed by atoms with E-state index >= 15 is 0 Å². The van der Waals surface area contributed by atoms with E-state index in [9.17, 15) is 10.1 Å². The number of rotatable bonds is 10. The molecule has 7 nitrogen and oxygen atoms in total. The minimum absolute atomic E-state index is 0.0296. The number of ether oxygens (including phenoxy) is 2. The summed E-state index contributed by atoms with van der Waals surface area (Å²) < 4.78 is 10.1. The van der Waals surface area contributed by atoms with Gasteiger partial charge in [-0.3, -0.25) is 10.1 Å². The maximum Gasteiger partial charge on any atom is 0.311 e. The van der Waals surface area contributed by atoms with Crippen molar-refractivity contribution < 1.29 is 19.5 Å². The molecule has 20 heavy (non-hydrogen) atoms. The molecule has 0 aromatic heterocycles. The summed E-state index contributed by atoms with van der Waals surface area (Å²) in [5.74, 6) is 0.260. The Morgan fingerprint density at radius 1 is 1.40 bits per heavy atom. The first-order valence-corrected chi connectivity index (χ1v) is 6.39. The van der Waals surface area contributed by atoms with Gasteiger partial charge in [0.25, 0.3) is 0 Å². The molecule has 0 aliphatic carbocycles. The van der Waals surface area contributed by atoms with Crippen molar-refractivity contribution in [2.75, 3.05) is 33.5 Å². The summed E-state index contributed by atoms with van der Waals surface area (Å²) in [6.45, 7) is 2.25. The minimum atomic E-state index is -0.453. The molecule has 0 amide bonds. The number of benzene rings is 1. The number of aliphatic hydroxyl groups excluding tert-OH is 1. The van der Waals surface area contributed by atoms with Crippen molar-refractivity contribution in [2.24, 2.45) is 0 Å². The molecule has 0 spiro atoms. The zero-order chi connectivity index (χ0) is 14.8. The minimum Gasteiger partial charge on any atom is -0.490 e. The van der Waals surface area contributed by atoms with Crippen molar-refractivity contribution in [3.63, 3.8) is 0 Å². The lowest BCUT2D eigenvalue weighted by Gasteiger charge is -2.07. The number of hydrogen-bond donors (Lipinski definition) is 2. The lowest BCUT2D eigenvalue weighted by atomic mass is 10.2. The summed E-state index contributed by atoms with van der Waals surface area (Å²) in [6.07, 6.45) is 0.818. The highest BCUT2D eigenvalue weighted by Gasteiger charge is 2.14. The first kappa shape index (κ1) is 16.4. The van der Waals surface area contributed by atoms with Crippen LogP contribution in [0.4, 0.5) is 5.69 Å². The van der Waals surface area contributed by atoms with Crippen molar-refractivity contribution in [1.29, 1.82) is 0 Å². The summed E-state index contributed by atoms with van der Waals surface area (Å²) in [6, 6.07) is 4.90. The number of methoxy groups -OCH3 is 1. The average molecular weight is 284 g/mol. The number of aliphatic hydroxyl groups is 1. The predicted octanol–water partition coefficient (Wildman–Crippen LogP) is 1.09. The Morgan fingerprint density at radius 2 is 2.20 bits per heavy atom. The summed E-state index contributed by atoms with van der Waals surface area (Å²) in [4.78, 5) is 10.4. The Bertz CT molecular complexity index is 425. The van der Waals surface area contributed by atoms with Crippen LogP contribution in [0.3, 0.4) is 0 Å². The van der Waals surface area contributed by atoms with Crippen LogP contribution >= 0.6 is 0 Å². The van der Waals surface area contributed by atoms with Crippen LogP contribution in [0, 0.1) is 10.1 Å². The predicted molar refractivity (Wildman–Crippen MR) is 73.9 cm³/mol. The Hall–Kier alpha value is -1.70. The van der Waals surface area contributed by atoms with Crippen LogP contribution in [-0.2, 0) is 11.3 Å². The molecule has 112 valence electrons. The molecule has 0 atom stereocenters. The molecule has 0 aliphatic heterocycles. The van der Waals surface area contributed by atoms with Crippen LogP contribution < -0.4 is 10.1 Å². The molecule has 0 aliphatic rings. The molecule has 7 heteroatoms. The van der Waals surface area contributed by atoms with Gasteiger partial charge in [0.05, 0.1) is 25.2 Å². The second-order valence-electron chi connectivity index (χ2n) is 4.13. The molecule has 1 aromatic rings. The largest absolute Gasteiger partial charge is 0.490 e. The van der Waals surface area contributed by atoms with Crippen LogP contribution in [-0.4, -0.2) is 43.5 Å². The Balaban J connectivity index is 2.37. The van der Waals surface area contributed by atoms with E-state index in [4.69, 9.17) is 14.6 Å². The second-order valence-corrected chi connectivity index (χ2v) is 4.13. The monoisotopic (exact) mass is 284 g/mol. The van der Waals surface area contributed by atoms with E-state index in [1.807, 2.05) is 0 Å². The smallest absolute Gasteiger partial charge is 0.311 e. The molecule has 1 rings (SSSR count). The van der Waals surface area contributed by atoms with Crippen LogP contribution in [0.25, 0.3) is 0 Å². The third kappa shape index (κ3) is 5.52. The van der Waals surface area contributed by atoms with Crippen molar-refractivity contribution in [2.45, 2.75) is 13.0 Å². The molecular formula is C13H20N2O5. The molecule has 0 heterocycles. The number of hydrogen-bond acceptors (Lipinski definition) is 6. The summed E-state index contributed by atoms with van der Waals surface area (Å²) in [5, 5.41) is 22.6. The summed E-state index contributed by atoms with van der Waals surface area (Å²) in [5.41, 5.74) is 0.798. The zero-order valence-electron chi connectivity index (χ0n) is 11.5. The van der Waals surface area contributed by atoms with Gasteiger partial charge in [0.15, 0.2) is 5.75 Å². The lowest BCUT2D eigenvalue weighted by molar-refractivity contribution is -0.385.